The highest BCUT2D eigenvalue weighted by atomic mass is 16.3. The van der Waals surface area contributed by atoms with Gasteiger partial charge in [0.1, 0.15) is 0 Å². The summed E-state index contributed by atoms with van der Waals surface area (Å²) in [5.74, 6) is 0.162. The van der Waals surface area contributed by atoms with E-state index in [2.05, 4.69) is 36.2 Å². The normalized spacial score (nSPS) is 19.7. The standard InChI is InChI=1S/C27H30N2O3/c1-20(21-8-10-22(11-9-21)23-12-13-25(31)28-19-23)29-16-15-27(14-5-17-30,18-26(29)32)24-6-3-2-4-7-24/h2-4,6-13,19-20,30H,5,14-18H2,1H3,(H,28,31)/t20-,27?/m0/s1. The molecule has 2 atom stereocenters. The summed E-state index contributed by atoms with van der Waals surface area (Å²) < 4.78 is 0. The molecule has 1 amide bonds. The number of nitrogens with zero attached hydrogens (tertiary/aromatic N) is 1. The third-order valence-corrected chi connectivity index (χ3v) is 6.82. The summed E-state index contributed by atoms with van der Waals surface area (Å²) in [6, 6.07) is 21.8. The number of aliphatic hydroxyl groups is 1. The van der Waals surface area contributed by atoms with Crippen molar-refractivity contribution in [3.63, 3.8) is 0 Å². The predicted molar refractivity (Wildman–Crippen MR) is 126 cm³/mol. The number of likely N-dealkylation sites (tertiary alicyclic amines) is 1. The van der Waals surface area contributed by atoms with Crippen LogP contribution in [-0.4, -0.2) is 34.0 Å². The average molecular weight is 431 g/mol. The lowest BCUT2D eigenvalue weighted by Crippen LogP contribution is -2.47. The monoisotopic (exact) mass is 430 g/mol. The molecule has 1 fully saturated rings. The Kier molecular flexibility index (Phi) is 6.56. The average Bonchev–Trinajstić information content (AvgIpc) is 2.83. The van der Waals surface area contributed by atoms with Crippen LogP contribution in [-0.2, 0) is 10.2 Å². The van der Waals surface area contributed by atoms with E-state index in [9.17, 15) is 14.7 Å². The van der Waals surface area contributed by atoms with Crippen molar-refractivity contribution in [1.82, 2.24) is 9.88 Å². The van der Waals surface area contributed by atoms with E-state index in [-0.39, 0.29) is 29.5 Å². The fraction of sp³-hybridized carbons (Fsp3) is 0.333. The van der Waals surface area contributed by atoms with E-state index in [1.807, 2.05) is 35.2 Å². The van der Waals surface area contributed by atoms with E-state index in [4.69, 9.17) is 0 Å². The molecule has 0 bridgehead atoms. The molecule has 5 nitrogen and oxygen atoms in total. The maximum Gasteiger partial charge on any atom is 0.247 e. The topological polar surface area (TPSA) is 73.4 Å². The molecule has 3 aromatic rings. The number of pyridine rings is 1. The molecule has 1 aliphatic rings. The first-order valence-corrected chi connectivity index (χ1v) is 11.3. The van der Waals surface area contributed by atoms with Crippen LogP contribution in [0.4, 0.5) is 0 Å². The second-order valence-electron chi connectivity index (χ2n) is 8.73. The molecule has 1 unspecified atom stereocenters. The van der Waals surface area contributed by atoms with Crippen LogP contribution in [0.25, 0.3) is 11.1 Å². The lowest BCUT2D eigenvalue weighted by atomic mass is 9.69. The number of aromatic amines is 1. The van der Waals surface area contributed by atoms with Gasteiger partial charge in [0.25, 0.3) is 0 Å². The van der Waals surface area contributed by atoms with Gasteiger partial charge < -0.3 is 15.0 Å². The fourth-order valence-corrected chi connectivity index (χ4v) is 4.89. The number of carbonyl (C=O) groups excluding carboxylic acids is 1. The van der Waals surface area contributed by atoms with Crippen LogP contribution in [0.15, 0.2) is 77.7 Å². The van der Waals surface area contributed by atoms with Gasteiger partial charge in [0.2, 0.25) is 11.5 Å². The van der Waals surface area contributed by atoms with Crippen molar-refractivity contribution < 1.29 is 9.90 Å². The van der Waals surface area contributed by atoms with Gasteiger partial charge in [0.15, 0.2) is 0 Å². The zero-order valence-electron chi connectivity index (χ0n) is 18.5. The maximum absolute atomic E-state index is 13.3. The Morgan fingerprint density at radius 2 is 1.72 bits per heavy atom. The summed E-state index contributed by atoms with van der Waals surface area (Å²) in [6.45, 7) is 2.92. The minimum Gasteiger partial charge on any atom is -0.396 e. The number of nitrogens with one attached hydrogen (secondary N) is 1. The summed E-state index contributed by atoms with van der Waals surface area (Å²) in [7, 11) is 0. The number of H-pyrrole nitrogens is 1. The highest BCUT2D eigenvalue weighted by Gasteiger charge is 2.41. The van der Waals surface area contributed by atoms with E-state index in [1.165, 1.54) is 11.6 Å². The molecular weight excluding hydrogens is 400 g/mol. The van der Waals surface area contributed by atoms with Gasteiger partial charge in [-0.15, -0.1) is 0 Å². The molecule has 2 aromatic carbocycles. The van der Waals surface area contributed by atoms with E-state index < -0.39 is 0 Å². The molecule has 1 saturated heterocycles. The van der Waals surface area contributed by atoms with Gasteiger partial charge in [-0.05, 0) is 54.5 Å². The van der Waals surface area contributed by atoms with Crippen molar-refractivity contribution in [3.8, 4) is 11.1 Å². The first-order chi connectivity index (χ1) is 15.5. The molecule has 0 aliphatic carbocycles. The van der Waals surface area contributed by atoms with E-state index in [0.717, 1.165) is 29.5 Å². The lowest BCUT2D eigenvalue weighted by Gasteiger charge is -2.44. The Bertz CT molecular complexity index is 1090. The molecule has 5 heteroatoms. The van der Waals surface area contributed by atoms with Gasteiger partial charge in [-0.25, -0.2) is 0 Å². The Morgan fingerprint density at radius 1 is 1.00 bits per heavy atom. The minimum absolute atomic E-state index is 0.0151. The first-order valence-electron chi connectivity index (χ1n) is 11.3. The molecular formula is C27H30N2O3. The summed E-state index contributed by atoms with van der Waals surface area (Å²) >= 11 is 0. The van der Waals surface area contributed by atoms with Crippen LogP contribution < -0.4 is 5.56 Å². The Hall–Kier alpha value is -3.18. The number of benzene rings is 2. The van der Waals surface area contributed by atoms with E-state index in [1.54, 1.807) is 12.3 Å². The van der Waals surface area contributed by atoms with Crippen LogP contribution in [0.2, 0.25) is 0 Å². The van der Waals surface area contributed by atoms with Crippen molar-refractivity contribution >= 4 is 5.91 Å². The Balaban J connectivity index is 1.50. The second kappa shape index (κ2) is 9.53. The van der Waals surface area contributed by atoms with Crippen LogP contribution in [0.1, 0.15) is 49.8 Å². The fourth-order valence-electron chi connectivity index (χ4n) is 4.89. The Labute approximate surface area is 188 Å². The van der Waals surface area contributed by atoms with Crippen molar-refractivity contribution in [3.05, 3.63) is 94.4 Å². The molecule has 1 aliphatic heterocycles. The molecule has 2 N–H and O–H groups in total. The quantitative estimate of drug-likeness (QED) is 0.582. The summed E-state index contributed by atoms with van der Waals surface area (Å²) in [5.41, 5.74) is 3.94. The maximum atomic E-state index is 13.3. The number of aromatic nitrogens is 1. The minimum atomic E-state index is -0.203. The van der Waals surface area contributed by atoms with Gasteiger partial charge in [0.05, 0.1) is 6.04 Å². The van der Waals surface area contributed by atoms with Crippen molar-refractivity contribution in [1.29, 1.82) is 0 Å². The largest absolute Gasteiger partial charge is 0.396 e. The number of hydrogen-bond acceptors (Lipinski definition) is 3. The van der Waals surface area contributed by atoms with Gasteiger partial charge in [0, 0.05) is 37.3 Å². The molecule has 32 heavy (non-hydrogen) atoms. The van der Waals surface area contributed by atoms with Crippen molar-refractivity contribution in [2.75, 3.05) is 13.2 Å². The lowest BCUT2D eigenvalue weighted by molar-refractivity contribution is -0.138. The molecule has 166 valence electrons. The summed E-state index contributed by atoms with van der Waals surface area (Å²) in [4.78, 5) is 29.3. The van der Waals surface area contributed by atoms with E-state index in [0.29, 0.717) is 19.4 Å². The molecule has 4 rings (SSSR count). The van der Waals surface area contributed by atoms with Crippen LogP contribution in [0, 0.1) is 0 Å². The van der Waals surface area contributed by atoms with Gasteiger partial charge in [-0.2, -0.15) is 0 Å². The SMILES string of the molecule is C[C@@H](c1ccc(-c2ccc(=O)[nH]c2)cc1)N1CCC(CCCO)(c2ccccc2)CC1=O. The summed E-state index contributed by atoms with van der Waals surface area (Å²) in [5, 5.41) is 9.42. The third-order valence-electron chi connectivity index (χ3n) is 6.82. The molecule has 0 radical (unpaired) electrons. The highest BCUT2D eigenvalue weighted by molar-refractivity contribution is 5.79. The number of amides is 1. The van der Waals surface area contributed by atoms with E-state index >= 15 is 0 Å². The van der Waals surface area contributed by atoms with Gasteiger partial charge in [-0.3, -0.25) is 9.59 Å². The summed E-state index contributed by atoms with van der Waals surface area (Å²) in [6.07, 6.45) is 4.59. The van der Waals surface area contributed by atoms with Crippen molar-refractivity contribution in [2.45, 2.75) is 44.1 Å². The predicted octanol–water partition coefficient (Wildman–Crippen LogP) is 4.44. The number of piperidine rings is 1. The number of carbonyl (C=O) groups is 1. The zero-order valence-corrected chi connectivity index (χ0v) is 18.5. The smallest absolute Gasteiger partial charge is 0.247 e. The number of aliphatic hydroxyl groups excluding tert-OH is 1. The van der Waals surface area contributed by atoms with Crippen LogP contribution >= 0.6 is 0 Å². The number of rotatable bonds is 7. The highest BCUT2D eigenvalue weighted by Crippen LogP contribution is 2.42. The molecule has 1 aromatic heterocycles. The molecule has 2 heterocycles. The van der Waals surface area contributed by atoms with Crippen LogP contribution in [0.3, 0.4) is 0 Å². The van der Waals surface area contributed by atoms with Crippen molar-refractivity contribution in [2.24, 2.45) is 0 Å². The van der Waals surface area contributed by atoms with Gasteiger partial charge >= 0.3 is 0 Å². The molecule has 0 saturated carbocycles. The molecule has 0 spiro atoms. The van der Waals surface area contributed by atoms with Gasteiger partial charge in [-0.1, -0.05) is 54.6 Å². The Morgan fingerprint density at radius 3 is 2.34 bits per heavy atom. The first kappa shape index (κ1) is 22.0. The zero-order chi connectivity index (χ0) is 22.6. The third kappa shape index (κ3) is 4.53. The second-order valence-corrected chi connectivity index (χ2v) is 8.73. The number of hydrogen-bond donors (Lipinski definition) is 2. The van der Waals surface area contributed by atoms with Crippen LogP contribution in [0.5, 0.6) is 0 Å².